The van der Waals surface area contributed by atoms with Gasteiger partial charge in [-0.1, -0.05) is 42.2 Å². The summed E-state index contributed by atoms with van der Waals surface area (Å²) in [6, 6.07) is 8.52. The molecule has 1 atom stereocenters. The second-order valence-electron chi connectivity index (χ2n) is 6.28. The van der Waals surface area contributed by atoms with Crippen LogP contribution in [0.25, 0.3) is 6.08 Å². The molecule has 1 saturated heterocycles. The summed E-state index contributed by atoms with van der Waals surface area (Å²) in [5.41, 5.74) is 0.0714. The van der Waals surface area contributed by atoms with Gasteiger partial charge in [-0.3, -0.25) is 14.5 Å². The zero-order chi connectivity index (χ0) is 22.0. The van der Waals surface area contributed by atoms with Gasteiger partial charge in [-0.25, -0.2) is 9.18 Å². The number of nitrogens with one attached hydrogen (secondary N) is 1. The number of thioether (sulfide) groups is 1. The molecule has 1 heterocycles. The molecule has 1 fully saturated rings. The highest BCUT2D eigenvalue weighted by Crippen LogP contribution is 2.34. The molecule has 2 aromatic carbocycles. The maximum absolute atomic E-state index is 13.9. The Labute approximate surface area is 180 Å². The first-order valence-corrected chi connectivity index (χ1v) is 9.80. The summed E-state index contributed by atoms with van der Waals surface area (Å²) in [5, 5.41) is 21.2. The van der Waals surface area contributed by atoms with Gasteiger partial charge in [0.1, 0.15) is 27.5 Å². The average Bonchev–Trinajstić information content (AvgIpc) is 2.96. The Morgan fingerprint density at radius 1 is 1.27 bits per heavy atom. The van der Waals surface area contributed by atoms with Crippen molar-refractivity contribution in [1.82, 2.24) is 4.90 Å². The predicted molar refractivity (Wildman–Crippen MR) is 115 cm³/mol. The zero-order valence-corrected chi connectivity index (χ0v) is 17.1. The summed E-state index contributed by atoms with van der Waals surface area (Å²) in [4.78, 5) is 37.6. The molecule has 1 aliphatic rings. The van der Waals surface area contributed by atoms with Crippen LogP contribution in [-0.2, 0) is 9.59 Å². The molecule has 1 aliphatic heterocycles. The SMILES string of the molecule is C[C@H](C(=O)Nc1ccc(C(=O)O)c(O)c1)N1C(=O)/C(=C/c2ccccc2F)SC1=S. The number of rotatable bonds is 5. The van der Waals surface area contributed by atoms with E-state index < -0.39 is 35.4 Å². The van der Waals surface area contributed by atoms with Gasteiger partial charge in [-0.05, 0) is 31.2 Å². The minimum Gasteiger partial charge on any atom is -0.507 e. The van der Waals surface area contributed by atoms with Gasteiger partial charge in [0, 0.05) is 17.3 Å². The molecule has 7 nitrogen and oxygen atoms in total. The Morgan fingerprint density at radius 3 is 2.60 bits per heavy atom. The monoisotopic (exact) mass is 446 g/mol. The van der Waals surface area contributed by atoms with Gasteiger partial charge in [0.2, 0.25) is 5.91 Å². The third-order valence-corrected chi connectivity index (χ3v) is 5.61. The van der Waals surface area contributed by atoms with E-state index in [4.69, 9.17) is 17.3 Å². The molecule has 2 amide bonds. The van der Waals surface area contributed by atoms with Crippen molar-refractivity contribution in [2.45, 2.75) is 13.0 Å². The minimum absolute atomic E-state index is 0.148. The Kier molecular flexibility index (Phi) is 6.18. The van der Waals surface area contributed by atoms with Crippen molar-refractivity contribution >= 4 is 57.8 Å². The van der Waals surface area contributed by atoms with Crippen molar-refractivity contribution in [2.75, 3.05) is 5.32 Å². The topological polar surface area (TPSA) is 107 Å². The highest BCUT2D eigenvalue weighted by Gasteiger charge is 2.38. The summed E-state index contributed by atoms with van der Waals surface area (Å²) >= 11 is 6.18. The average molecular weight is 446 g/mol. The van der Waals surface area contributed by atoms with Gasteiger partial charge in [-0.15, -0.1) is 0 Å². The van der Waals surface area contributed by atoms with Gasteiger partial charge in [-0.2, -0.15) is 0 Å². The van der Waals surface area contributed by atoms with Gasteiger partial charge >= 0.3 is 5.97 Å². The fourth-order valence-electron chi connectivity index (χ4n) is 2.70. The first-order valence-electron chi connectivity index (χ1n) is 8.58. The molecule has 2 aromatic rings. The van der Waals surface area contributed by atoms with Crippen molar-refractivity contribution in [3.63, 3.8) is 0 Å². The normalized spacial score (nSPS) is 16.1. The van der Waals surface area contributed by atoms with Crippen LogP contribution in [-0.4, -0.2) is 43.3 Å². The van der Waals surface area contributed by atoms with Crippen molar-refractivity contribution < 1.29 is 29.0 Å². The molecule has 3 N–H and O–H groups in total. The highest BCUT2D eigenvalue weighted by molar-refractivity contribution is 8.26. The number of hydrogen-bond acceptors (Lipinski definition) is 6. The van der Waals surface area contributed by atoms with Gasteiger partial charge in [0.25, 0.3) is 5.91 Å². The molecule has 0 aliphatic carbocycles. The molecule has 0 bridgehead atoms. The van der Waals surface area contributed by atoms with E-state index in [-0.39, 0.29) is 26.0 Å². The first kappa shape index (κ1) is 21.5. The second-order valence-corrected chi connectivity index (χ2v) is 7.95. The van der Waals surface area contributed by atoms with Crippen molar-refractivity contribution in [2.24, 2.45) is 0 Å². The number of carbonyl (C=O) groups is 3. The Hall–Kier alpha value is -3.24. The molecule has 154 valence electrons. The molecular formula is C20H15FN2O5S2. The molecule has 0 aromatic heterocycles. The van der Waals surface area contributed by atoms with Gasteiger partial charge in [0.15, 0.2) is 0 Å². The van der Waals surface area contributed by atoms with Crippen LogP contribution in [0.3, 0.4) is 0 Å². The van der Waals surface area contributed by atoms with E-state index in [2.05, 4.69) is 5.32 Å². The number of phenols is 1. The van der Waals surface area contributed by atoms with Crippen LogP contribution in [0.1, 0.15) is 22.8 Å². The van der Waals surface area contributed by atoms with Crippen LogP contribution >= 0.6 is 24.0 Å². The van der Waals surface area contributed by atoms with E-state index in [0.717, 1.165) is 28.8 Å². The maximum Gasteiger partial charge on any atom is 0.339 e. The Morgan fingerprint density at radius 2 is 1.97 bits per heavy atom. The Bertz CT molecular complexity index is 1100. The zero-order valence-electron chi connectivity index (χ0n) is 15.5. The smallest absolute Gasteiger partial charge is 0.339 e. The van der Waals surface area contributed by atoms with E-state index in [1.54, 1.807) is 6.07 Å². The van der Waals surface area contributed by atoms with Gasteiger partial charge < -0.3 is 15.5 Å². The number of hydrogen-bond donors (Lipinski definition) is 3. The van der Waals surface area contributed by atoms with Gasteiger partial charge in [0.05, 0.1) is 4.91 Å². The van der Waals surface area contributed by atoms with E-state index in [1.165, 1.54) is 37.3 Å². The third-order valence-electron chi connectivity index (χ3n) is 4.28. The van der Waals surface area contributed by atoms with Crippen LogP contribution in [0.15, 0.2) is 47.4 Å². The molecule has 3 rings (SSSR count). The molecule has 10 heteroatoms. The molecular weight excluding hydrogens is 431 g/mol. The summed E-state index contributed by atoms with van der Waals surface area (Å²) in [6.07, 6.45) is 1.38. The summed E-state index contributed by atoms with van der Waals surface area (Å²) in [6.45, 7) is 1.47. The van der Waals surface area contributed by atoms with E-state index in [0.29, 0.717) is 0 Å². The molecule has 0 unspecified atom stereocenters. The number of benzene rings is 2. The first-order chi connectivity index (χ1) is 14.2. The molecule has 0 spiro atoms. The lowest BCUT2D eigenvalue weighted by Gasteiger charge is -2.22. The van der Waals surface area contributed by atoms with Crippen molar-refractivity contribution in [3.8, 4) is 5.75 Å². The summed E-state index contributed by atoms with van der Waals surface area (Å²) in [5.74, 6) is -3.43. The fraction of sp³-hybridized carbons (Fsp3) is 0.100. The number of carboxylic acids is 1. The van der Waals surface area contributed by atoms with Crippen LogP contribution in [0.4, 0.5) is 10.1 Å². The summed E-state index contributed by atoms with van der Waals surface area (Å²) in [7, 11) is 0. The van der Waals surface area contributed by atoms with Crippen LogP contribution in [0.5, 0.6) is 5.75 Å². The number of thiocarbonyl (C=S) groups is 1. The number of halogens is 1. The number of amides is 2. The fourth-order valence-corrected chi connectivity index (χ4v) is 4.11. The van der Waals surface area contributed by atoms with Crippen LogP contribution in [0.2, 0.25) is 0 Å². The number of nitrogens with zero attached hydrogens (tertiary/aromatic N) is 1. The largest absolute Gasteiger partial charge is 0.507 e. The lowest BCUT2D eigenvalue weighted by Crippen LogP contribution is -2.44. The number of anilines is 1. The second kappa shape index (κ2) is 8.64. The van der Waals surface area contributed by atoms with Crippen molar-refractivity contribution in [3.05, 3.63) is 64.3 Å². The van der Waals surface area contributed by atoms with Crippen LogP contribution < -0.4 is 5.32 Å². The lowest BCUT2D eigenvalue weighted by atomic mass is 10.1. The quantitative estimate of drug-likeness (QED) is 0.477. The molecule has 0 radical (unpaired) electrons. The predicted octanol–water partition coefficient (Wildman–Crippen LogP) is 3.46. The lowest BCUT2D eigenvalue weighted by molar-refractivity contribution is -0.129. The van der Waals surface area contributed by atoms with Crippen LogP contribution in [0, 0.1) is 5.82 Å². The maximum atomic E-state index is 13.9. The third kappa shape index (κ3) is 4.34. The summed E-state index contributed by atoms with van der Waals surface area (Å²) < 4.78 is 14.0. The highest BCUT2D eigenvalue weighted by atomic mass is 32.2. The van der Waals surface area contributed by atoms with E-state index >= 15 is 0 Å². The standard InChI is InChI=1S/C20H15FN2O5S2/c1-10(17(25)22-12-6-7-13(19(27)28)15(24)9-12)23-18(26)16(30-20(23)29)8-11-4-2-3-5-14(11)21/h2-10,24H,1H3,(H,22,25)(H,27,28)/b16-8-/t10-/m1/s1. The van der Waals surface area contributed by atoms with Crippen molar-refractivity contribution in [1.29, 1.82) is 0 Å². The number of aromatic hydroxyl groups is 1. The number of aromatic carboxylic acids is 1. The molecule has 30 heavy (non-hydrogen) atoms. The van der Waals surface area contributed by atoms with E-state index in [9.17, 15) is 23.9 Å². The molecule has 0 saturated carbocycles. The number of carbonyl (C=O) groups excluding carboxylic acids is 2. The van der Waals surface area contributed by atoms with E-state index in [1.807, 2.05) is 0 Å². The minimum atomic E-state index is -1.31. The Balaban J connectivity index is 1.77. The number of carboxylic acid groups (broad SMARTS) is 1.